The molecule has 0 aliphatic rings. The van der Waals surface area contributed by atoms with Crippen LogP contribution in [0.15, 0.2) is 42.5 Å². The van der Waals surface area contributed by atoms with Crippen LogP contribution in [-0.2, 0) is 0 Å². The monoisotopic (exact) mass is 239 g/mol. The normalized spacial score (nSPS) is 14.1. The van der Waals surface area contributed by atoms with Crippen molar-refractivity contribution in [3.05, 3.63) is 48.0 Å². The molecular weight excluding hydrogens is 222 g/mol. The number of fused-ring (bicyclic) bond motifs is 1. The van der Waals surface area contributed by atoms with Gasteiger partial charge in [0, 0.05) is 6.54 Å². The van der Waals surface area contributed by atoms with Gasteiger partial charge in [0.25, 0.3) is 0 Å². The van der Waals surface area contributed by atoms with E-state index in [1.54, 1.807) is 0 Å². The van der Waals surface area contributed by atoms with Crippen molar-refractivity contribution in [2.75, 3.05) is 6.54 Å². The zero-order valence-electron chi connectivity index (χ0n) is 10.4. The number of nitrogens with one attached hydrogen (secondary N) is 1. The van der Waals surface area contributed by atoms with Gasteiger partial charge in [-0.2, -0.15) is 0 Å². The predicted octanol–water partition coefficient (Wildman–Crippen LogP) is 2.48. The summed E-state index contributed by atoms with van der Waals surface area (Å²) in [6.45, 7) is 2.36. The molecule has 0 radical (unpaired) electrons. The van der Waals surface area contributed by atoms with Crippen LogP contribution in [0.1, 0.15) is 18.6 Å². The topological polar surface area (TPSA) is 32.3 Å². The van der Waals surface area contributed by atoms with Crippen LogP contribution in [0.4, 0.5) is 0 Å². The van der Waals surface area contributed by atoms with Crippen LogP contribution in [0.5, 0.6) is 0 Å². The second-order valence-electron chi connectivity index (χ2n) is 4.42. The number of aliphatic hydroxyl groups excluding tert-OH is 1. The van der Waals surface area contributed by atoms with Gasteiger partial charge in [-0.25, -0.2) is 0 Å². The first-order chi connectivity index (χ1) is 8.70. The molecule has 2 heteroatoms. The van der Waals surface area contributed by atoms with Crippen LogP contribution in [-0.4, -0.2) is 17.7 Å². The van der Waals surface area contributed by atoms with Gasteiger partial charge in [0.05, 0.1) is 12.1 Å². The van der Waals surface area contributed by atoms with E-state index in [1.807, 2.05) is 43.3 Å². The van der Waals surface area contributed by atoms with Gasteiger partial charge < -0.3 is 10.4 Å². The van der Waals surface area contributed by atoms with Crippen molar-refractivity contribution < 1.29 is 5.11 Å². The molecule has 0 heterocycles. The molecule has 2 nitrogen and oxygen atoms in total. The third-order valence-electron chi connectivity index (χ3n) is 3.03. The minimum absolute atomic E-state index is 0.0277. The summed E-state index contributed by atoms with van der Waals surface area (Å²) < 4.78 is 0. The average Bonchev–Trinajstić information content (AvgIpc) is 2.43. The highest BCUT2D eigenvalue weighted by atomic mass is 16.3. The molecule has 0 amide bonds. The van der Waals surface area contributed by atoms with E-state index >= 15 is 0 Å². The van der Waals surface area contributed by atoms with Gasteiger partial charge in [-0.1, -0.05) is 42.3 Å². The number of hydrogen-bond acceptors (Lipinski definition) is 2. The lowest BCUT2D eigenvalue weighted by Gasteiger charge is -2.14. The summed E-state index contributed by atoms with van der Waals surface area (Å²) in [4.78, 5) is 0. The molecule has 0 aliphatic heterocycles. The number of benzene rings is 2. The van der Waals surface area contributed by atoms with E-state index in [2.05, 4.69) is 17.3 Å². The van der Waals surface area contributed by atoms with Crippen molar-refractivity contribution in [2.24, 2.45) is 0 Å². The standard InChI is InChI=1S/C16H17NO/c1-3-12(2)17-11-16(18)15-9-8-13-6-4-5-7-14(13)10-15/h1,4-10,12,16-18H,11H2,2H3. The van der Waals surface area contributed by atoms with Crippen molar-refractivity contribution in [1.29, 1.82) is 0 Å². The van der Waals surface area contributed by atoms with Gasteiger partial charge >= 0.3 is 0 Å². The van der Waals surface area contributed by atoms with Gasteiger partial charge in [0.2, 0.25) is 0 Å². The number of terminal acetylenes is 1. The molecule has 92 valence electrons. The number of aliphatic hydroxyl groups is 1. The van der Waals surface area contributed by atoms with E-state index in [1.165, 1.54) is 5.39 Å². The van der Waals surface area contributed by atoms with E-state index in [9.17, 15) is 5.11 Å². The molecular formula is C16H17NO. The molecule has 2 unspecified atom stereocenters. The highest BCUT2D eigenvalue weighted by molar-refractivity contribution is 5.83. The second kappa shape index (κ2) is 5.68. The molecule has 0 spiro atoms. The fourth-order valence-corrected chi connectivity index (χ4v) is 1.88. The summed E-state index contributed by atoms with van der Waals surface area (Å²) in [7, 11) is 0. The lowest BCUT2D eigenvalue weighted by Crippen LogP contribution is -2.29. The summed E-state index contributed by atoms with van der Waals surface area (Å²) in [6.07, 6.45) is 4.74. The molecule has 2 atom stereocenters. The van der Waals surface area contributed by atoms with Crippen molar-refractivity contribution in [2.45, 2.75) is 19.1 Å². The lowest BCUT2D eigenvalue weighted by atomic mass is 10.0. The molecule has 0 fully saturated rings. The van der Waals surface area contributed by atoms with Crippen molar-refractivity contribution in [3.8, 4) is 12.3 Å². The van der Waals surface area contributed by atoms with Crippen LogP contribution in [0.25, 0.3) is 10.8 Å². The van der Waals surface area contributed by atoms with E-state index in [4.69, 9.17) is 6.42 Å². The Morgan fingerprint density at radius 1 is 1.22 bits per heavy atom. The summed E-state index contributed by atoms with van der Waals surface area (Å²) in [6, 6.07) is 14.1. The first kappa shape index (κ1) is 12.6. The van der Waals surface area contributed by atoms with Gasteiger partial charge in [0.15, 0.2) is 0 Å². The Kier molecular flexibility index (Phi) is 3.99. The summed E-state index contributed by atoms with van der Waals surface area (Å²) in [5.41, 5.74) is 0.908. The quantitative estimate of drug-likeness (QED) is 0.803. The molecule has 0 saturated carbocycles. The maximum atomic E-state index is 10.1. The van der Waals surface area contributed by atoms with Crippen LogP contribution < -0.4 is 5.32 Å². The van der Waals surface area contributed by atoms with Gasteiger partial charge in [0.1, 0.15) is 0 Å². The second-order valence-corrected chi connectivity index (χ2v) is 4.42. The molecule has 0 aliphatic carbocycles. The van der Waals surface area contributed by atoms with Gasteiger partial charge in [-0.15, -0.1) is 6.42 Å². The Labute approximate surface area is 108 Å². The molecule has 2 aromatic carbocycles. The maximum Gasteiger partial charge on any atom is 0.0915 e. The van der Waals surface area contributed by atoms with E-state index in [-0.39, 0.29) is 6.04 Å². The molecule has 18 heavy (non-hydrogen) atoms. The Bertz CT molecular complexity index is 571. The average molecular weight is 239 g/mol. The Morgan fingerprint density at radius 2 is 1.94 bits per heavy atom. The Balaban J connectivity index is 2.13. The third kappa shape index (κ3) is 2.89. The minimum Gasteiger partial charge on any atom is -0.387 e. The van der Waals surface area contributed by atoms with Crippen LogP contribution in [0.3, 0.4) is 0 Å². The fourth-order valence-electron chi connectivity index (χ4n) is 1.88. The minimum atomic E-state index is -0.537. The van der Waals surface area contributed by atoms with E-state index in [0.29, 0.717) is 6.54 Å². The Hall–Kier alpha value is -1.82. The fraction of sp³-hybridized carbons (Fsp3) is 0.250. The highest BCUT2D eigenvalue weighted by Crippen LogP contribution is 2.20. The number of rotatable bonds is 4. The molecule has 2 aromatic rings. The van der Waals surface area contributed by atoms with Crippen LogP contribution in [0, 0.1) is 12.3 Å². The van der Waals surface area contributed by atoms with Crippen LogP contribution >= 0.6 is 0 Å². The SMILES string of the molecule is C#CC(C)NCC(O)c1ccc2ccccc2c1. The molecule has 0 saturated heterocycles. The Morgan fingerprint density at radius 3 is 2.67 bits per heavy atom. The van der Waals surface area contributed by atoms with Gasteiger partial charge in [-0.05, 0) is 29.3 Å². The van der Waals surface area contributed by atoms with E-state index in [0.717, 1.165) is 10.9 Å². The lowest BCUT2D eigenvalue weighted by molar-refractivity contribution is 0.173. The van der Waals surface area contributed by atoms with E-state index < -0.39 is 6.10 Å². The largest absolute Gasteiger partial charge is 0.387 e. The summed E-state index contributed by atoms with van der Waals surface area (Å²) >= 11 is 0. The van der Waals surface area contributed by atoms with Crippen molar-refractivity contribution >= 4 is 10.8 Å². The van der Waals surface area contributed by atoms with Crippen molar-refractivity contribution in [3.63, 3.8) is 0 Å². The first-order valence-electron chi connectivity index (χ1n) is 6.07. The third-order valence-corrected chi connectivity index (χ3v) is 3.03. The first-order valence-corrected chi connectivity index (χ1v) is 6.07. The zero-order valence-corrected chi connectivity index (χ0v) is 10.4. The molecule has 0 bridgehead atoms. The summed E-state index contributed by atoms with van der Waals surface area (Å²) in [5.74, 6) is 2.58. The number of hydrogen-bond donors (Lipinski definition) is 2. The smallest absolute Gasteiger partial charge is 0.0915 e. The zero-order chi connectivity index (χ0) is 13.0. The predicted molar refractivity (Wildman–Crippen MR) is 75.2 cm³/mol. The maximum absolute atomic E-state index is 10.1. The molecule has 2 N–H and O–H groups in total. The highest BCUT2D eigenvalue weighted by Gasteiger charge is 2.08. The summed E-state index contributed by atoms with van der Waals surface area (Å²) in [5, 5.41) is 15.5. The van der Waals surface area contributed by atoms with Gasteiger partial charge in [-0.3, -0.25) is 0 Å². The molecule has 2 rings (SSSR count). The van der Waals surface area contributed by atoms with Crippen molar-refractivity contribution in [1.82, 2.24) is 5.32 Å². The molecule has 0 aromatic heterocycles. The van der Waals surface area contributed by atoms with Crippen LogP contribution in [0.2, 0.25) is 0 Å².